The number of nitrogens with one attached hydrogen (secondary N) is 1. The lowest BCUT2D eigenvalue weighted by Crippen LogP contribution is -2.28. The van der Waals surface area contributed by atoms with Crippen molar-refractivity contribution in [3.8, 4) is 5.75 Å². The maximum absolute atomic E-state index is 13.0. The second kappa shape index (κ2) is 6.25. The molecule has 0 saturated heterocycles. The zero-order valence-electron chi connectivity index (χ0n) is 13.7. The summed E-state index contributed by atoms with van der Waals surface area (Å²) >= 11 is 0. The number of hydrogen-bond donors (Lipinski definition) is 1. The zero-order chi connectivity index (χ0) is 18.1. The predicted octanol–water partition coefficient (Wildman–Crippen LogP) is 1.29. The van der Waals surface area contributed by atoms with E-state index >= 15 is 0 Å². The summed E-state index contributed by atoms with van der Waals surface area (Å²) in [6, 6.07) is 15.9. The van der Waals surface area contributed by atoms with Gasteiger partial charge in [-0.3, -0.25) is 4.79 Å². The molecule has 128 valence electrons. The molecule has 0 fully saturated rings. The normalized spacial score (nSPS) is 11.8. The van der Waals surface area contributed by atoms with E-state index in [1.165, 1.54) is 4.57 Å². The van der Waals surface area contributed by atoms with Gasteiger partial charge in [0.1, 0.15) is 5.71 Å². The van der Waals surface area contributed by atoms with Gasteiger partial charge in [-0.2, -0.15) is 5.21 Å². The van der Waals surface area contributed by atoms with Gasteiger partial charge in [-0.05, 0) is 28.8 Å². The minimum Gasteiger partial charge on any atom is -0.871 e. The first-order valence-electron chi connectivity index (χ1n) is 7.83. The van der Waals surface area contributed by atoms with Crippen molar-refractivity contribution in [1.29, 1.82) is 0 Å². The molecule has 0 aliphatic heterocycles. The van der Waals surface area contributed by atoms with Crippen LogP contribution in [-0.2, 0) is 7.05 Å². The van der Waals surface area contributed by atoms with Gasteiger partial charge in [0.15, 0.2) is 0 Å². The maximum atomic E-state index is 13.0. The number of aryl methyl sites for hydroxylation is 1. The van der Waals surface area contributed by atoms with E-state index in [2.05, 4.69) is 25.6 Å². The summed E-state index contributed by atoms with van der Waals surface area (Å²) in [5.41, 5.74) is 0.659. The van der Waals surface area contributed by atoms with E-state index in [4.69, 9.17) is 0 Å². The quantitative estimate of drug-likeness (QED) is 0.562. The highest BCUT2D eigenvalue weighted by Gasteiger charge is 2.19. The van der Waals surface area contributed by atoms with Crippen LogP contribution >= 0.6 is 0 Å². The molecule has 0 saturated carbocycles. The molecule has 2 heterocycles. The largest absolute Gasteiger partial charge is 0.871 e. The van der Waals surface area contributed by atoms with Crippen molar-refractivity contribution in [1.82, 2.24) is 25.2 Å². The third-order valence-corrected chi connectivity index (χ3v) is 4.05. The van der Waals surface area contributed by atoms with E-state index < -0.39 is 11.3 Å². The Kier molecular flexibility index (Phi) is 3.77. The lowest BCUT2D eigenvalue weighted by molar-refractivity contribution is -0.266. The van der Waals surface area contributed by atoms with Crippen LogP contribution in [0.4, 0.5) is 5.69 Å². The van der Waals surface area contributed by atoms with Crippen LogP contribution in [0.2, 0.25) is 0 Å². The van der Waals surface area contributed by atoms with Crippen molar-refractivity contribution >= 4 is 22.3 Å². The SMILES string of the molecule is Cn1c(=O)c(C(=Nc2ccccc2)c2nn[nH]n2)c([O-])c2ccccc21. The van der Waals surface area contributed by atoms with E-state index in [0.29, 0.717) is 16.6 Å². The van der Waals surface area contributed by atoms with Crippen molar-refractivity contribution < 1.29 is 5.11 Å². The van der Waals surface area contributed by atoms with Gasteiger partial charge in [-0.15, -0.1) is 10.2 Å². The smallest absolute Gasteiger partial charge is 0.259 e. The predicted molar refractivity (Wildman–Crippen MR) is 94.6 cm³/mol. The Labute approximate surface area is 147 Å². The minimum atomic E-state index is -0.465. The number of fused-ring (bicyclic) bond motifs is 1. The van der Waals surface area contributed by atoms with Crippen molar-refractivity contribution in [3.05, 3.63) is 76.3 Å². The molecule has 2 aromatic heterocycles. The molecular weight excluding hydrogens is 332 g/mol. The van der Waals surface area contributed by atoms with Crippen molar-refractivity contribution in [2.45, 2.75) is 0 Å². The minimum absolute atomic E-state index is 0.0818. The fourth-order valence-corrected chi connectivity index (χ4v) is 2.79. The number of aromatic nitrogens is 5. The monoisotopic (exact) mass is 345 g/mol. The summed E-state index contributed by atoms with van der Waals surface area (Å²) in [4.78, 5) is 17.4. The van der Waals surface area contributed by atoms with Crippen molar-refractivity contribution in [2.24, 2.45) is 12.0 Å². The Morgan fingerprint density at radius 2 is 1.85 bits per heavy atom. The number of pyridine rings is 1. The molecule has 0 amide bonds. The number of rotatable bonds is 3. The van der Waals surface area contributed by atoms with Gasteiger partial charge >= 0.3 is 0 Å². The molecule has 0 bridgehead atoms. The van der Waals surface area contributed by atoms with E-state index in [0.717, 1.165) is 0 Å². The van der Waals surface area contributed by atoms with Crippen LogP contribution in [0.5, 0.6) is 5.75 Å². The Bertz CT molecular complexity index is 1160. The average molecular weight is 345 g/mol. The van der Waals surface area contributed by atoms with Gasteiger partial charge in [0.25, 0.3) is 5.56 Å². The molecule has 2 aromatic carbocycles. The third-order valence-electron chi connectivity index (χ3n) is 4.05. The topological polar surface area (TPSA) is 112 Å². The first kappa shape index (κ1) is 15.7. The standard InChI is InChI=1S/C18H14N6O2/c1-24-13-10-6-5-9-12(13)16(25)14(18(24)26)15(17-20-22-23-21-17)19-11-7-3-2-4-8-11/h2-10,25H,1H3,(H,20,21,22,23)/p-1. The van der Waals surface area contributed by atoms with Crippen LogP contribution in [0.25, 0.3) is 10.9 Å². The van der Waals surface area contributed by atoms with E-state index in [9.17, 15) is 9.90 Å². The molecule has 1 N–H and O–H groups in total. The number of aromatic amines is 1. The Hall–Kier alpha value is -3.81. The van der Waals surface area contributed by atoms with Crippen LogP contribution in [0, 0.1) is 0 Å². The summed E-state index contributed by atoms with van der Waals surface area (Å²) in [6.07, 6.45) is 0. The van der Waals surface area contributed by atoms with Gasteiger partial charge in [-0.25, -0.2) is 4.99 Å². The Morgan fingerprint density at radius 1 is 1.12 bits per heavy atom. The van der Waals surface area contributed by atoms with Crippen molar-refractivity contribution in [2.75, 3.05) is 0 Å². The van der Waals surface area contributed by atoms with E-state index in [1.807, 2.05) is 18.2 Å². The van der Waals surface area contributed by atoms with Crippen LogP contribution in [0.15, 0.2) is 64.4 Å². The number of tetrazole rings is 1. The maximum Gasteiger partial charge on any atom is 0.259 e. The summed E-state index contributed by atoms with van der Waals surface area (Å²) in [5.74, 6) is -0.332. The van der Waals surface area contributed by atoms with E-state index in [-0.39, 0.29) is 17.1 Å². The lowest BCUT2D eigenvalue weighted by atomic mass is 10.1. The summed E-state index contributed by atoms with van der Waals surface area (Å²) < 4.78 is 1.42. The van der Waals surface area contributed by atoms with Crippen LogP contribution in [0.3, 0.4) is 0 Å². The number of hydrogen-bond acceptors (Lipinski definition) is 6. The molecule has 0 spiro atoms. The van der Waals surface area contributed by atoms with Gasteiger partial charge in [-0.1, -0.05) is 42.1 Å². The summed E-state index contributed by atoms with van der Waals surface area (Å²) in [5, 5.41) is 27.2. The number of benzene rings is 2. The van der Waals surface area contributed by atoms with Gasteiger partial charge in [0, 0.05) is 7.05 Å². The molecule has 8 heteroatoms. The summed E-state index contributed by atoms with van der Waals surface area (Å²) in [7, 11) is 1.62. The van der Waals surface area contributed by atoms with E-state index in [1.54, 1.807) is 43.4 Å². The lowest BCUT2D eigenvalue weighted by Gasteiger charge is -2.19. The molecule has 8 nitrogen and oxygen atoms in total. The number of para-hydroxylation sites is 2. The molecular formula is C18H13N6O2-. The Morgan fingerprint density at radius 3 is 2.58 bits per heavy atom. The van der Waals surface area contributed by atoms with Gasteiger partial charge < -0.3 is 9.67 Å². The Balaban J connectivity index is 2.07. The second-order valence-corrected chi connectivity index (χ2v) is 5.62. The number of nitrogens with zero attached hydrogens (tertiary/aromatic N) is 5. The van der Waals surface area contributed by atoms with Crippen LogP contribution in [0.1, 0.15) is 11.4 Å². The van der Waals surface area contributed by atoms with Crippen LogP contribution < -0.4 is 10.7 Å². The van der Waals surface area contributed by atoms with Crippen LogP contribution in [-0.4, -0.2) is 30.9 Å². The highest BCUT2D eigenvalue weighted by atomic mass is 16.3. The number of aliphatic imine (C=N–C) groups is 1. The first-order valence-corrected chi connectivity index (χ1v) is 7.83. The molecule has 0 radical (unpaired) electrons. The van der Waals surface area contributed by atoms with Crippen molar-refractivity contribution in [3.63, 3.8) is 0 Å². The van der Waals surface area contributed by atoms with Gasteiger partial charge in [0.2, 0.25) is 5.82 Å². The molecule has 26 heavy (non-hydrogen) atoms. The summed E-state index contributed by atoms with van der Waals surface area (Å²) in [6.45, 7) is 0. The third kappa shape index (κ3) is 2.53. The van der Waals surface area contributed by atoms with Gasteiger partial charge in [0.05, 0.1) is 16.8 Å². The second-order valence-electron chi connectivity index (χ2n) is 5.62. The fraction of sp³-hybridized carbons (Fsp3) is 0.0556. The average Bonchev–Trinajstić information content (AvgIpc) is 3.21. The number of H-pyrrole nitrogens is 1. The highest BCUT2D eigenvalue weighted by Crippen LogP contribution is 2.26. The molecule has 4 aromatic rings. The molecule has 0 atom stereocenters. The highest BCUT2D eigenvalue weighted by molar-refractivity contribution is 6.15. The first-order chi connectivity index (χ1) is 12.7. The molecule has 0 aliphatic rings. The molecule has 4 rings (SSSR count). The zero-order valence-corrected chi connectivity index (χ0v) is 13.7. The molecule has 0 aliphatic carbocycles. The molecule has 0 unspecified atom stereocenters. The fourth-order valence-electron chi connectivity index (χ4n) is 2.79.